The lowest BCUT2D eigenvalue weighted by Gasteiger charge is -2.26. The Morgan fingerprint density at radius 1 is 1.11 bits per heavy atom. The minimum absolute atomic E-state index is 0.00769. The van der Waals surface area contributed by atoms with Crippen molar-refractivity contribution in [1.29, 1.82) is 0 Å². The van der Waals surface area contributed by atoms with Crippen molar-refractivity contribution in [2.45, 2.75) is 4.90 Å². The van der Waals surface area contributed by atoms with Gasteiger partial charge in [-0.15, -0.1) is 0 Å². The predicted molar refractivity (Wildman–Crippen MR) is 108 cm³/mol. The van der Waals surface area contributed by atoms with Crippen LogP contribution in [0.25, 0.3) is 0 Å². The lowest BCUT2D eigenvalue weighted by molar-refractivity contribution is 0.0383. The van der Waals surface area contributed by atoms with Crippen LogP contribution in [-0.4, -0.2) is 58.6 Å². The van der Waals surface area contributed by atoms with Crippen LogP contribution in [0.3, 0.4) is 0 Å². The largest absolute Gasteiger partial charge is 0.379 e. The van der Waals surface area contributed by atoms with Gasteiger partial charge in [0.1, 0.15) is 0 Å². The molecule has 1 fully saturated rings. The summed E-state index contributed by atoms with van der Waals surface area (Å²) in [5, 5.41) is 3.25. The van der Waals surface area contributed by atoms with E-state index >= 15 is 0 Å². The Morgan fingerprint density at radius 2 is 1.86 bits per heavy atom. The van der Waals surface area contributed by atoms with Crippen LogP contribution in [-0.2, 0) is 14.8 Å². The van der Waals surface area contributed by atoms with Crippen LogP contribution in [0.5, 0.6) is 0 Å². The molecular weight excluding hydrogens is 402 g/mol. The first-order chi connectivity index (χ1) is 13.4. The summed E-state index contributed by atoms with van der Waals surface area (Å²) in [7, 11) is -3.83. The van der Waals surface area contributed by atoms with E-state index in [-0.39, 0.29) is 16.4 Å². The third kappa shape index (κ3) is 5.68. The van der Waals surface area contributed by atoms with Gasteiger partial charge in [0.15, 0.2) is 0 Å². The second-order valence-corrected chi connectivity index (χ2v) is 8.47. The van der Waals surface area contributed by atoms with E-state index in [2.05, 4.69) is 14.9 Å². The van der Waals surface area contributed by atoms with Crippen LogP contribution in [0.2, 0.25) is 5.02 Å². The number of morpholine rings is 1. The lowest BCUT2D eigenvalue weighted by atomic mass is 10.2. The molecule has 28 heavy (non-hydrogen) atoms. The summed E-state index contributed by atoms with van der Waals surface area (Å²) < 4.78 is 33.0. The highest BCUT2D eigenvalue weighted by Crippen LogP contribution is 2.20. The fourth-order valence-electron chi connectivity index (χ4n) is 2.82. The van der Waals surface area contributed by atoms with E-state index in [0.717, 1.165) is 19.6 Å². The van der Waals surface area contributed by atoms with Crippen LogP contribution in [0.1, 0.15) is 10.4 Å². The number of carbonyl (C=O) groups is 1. The highest BCUT2D eigenvalue weighted by molar-refractivity contribution is 7.92. The van der Waals surface area contributed by atoms with E-state index in [1.807, 2.05) is 0 Å². The molecule has 0 atom stereocenters. The van der Waals surface area contributed by atoms with Gasteiger partial charge in [-0.25, -0.2) is 8.42 Å². The maximum Gasteiger partial charge on any atom is 0.261 e. The molecule has 150 valence electrons. The van der Waals surface area contributed by atoms with Crippen molar-refractivity contribution in [2.24, 2.45) is 0 Å². The van der Waals surface area contributed by atoms with Crippen molar-refractivity contribution in [3.63, 3.8) is 0 Å². The third-order valence-electron chi connectivity index (χ3n) is 4.30. The standard InChI is InChI=1S/C19H22ClN3O4S/c20-16-4-2-5-17(14-16)22-28(25,26)18-6-1-3-15(13-18)19(24)21-7-8-23-9-11-27-12-10-23/h1-6,13-14,22H,7-12H2,(H,21,24). The van der Waals surface area contributed by atoms with E-state index in [4.69, 9.17) is 16.3 Å². The molecule has 1 aliphatic rings. The number of nitrogens with zero attached hydrogens (tertiary/aromatic N) is 1. The van der Waals surface area contributed by atoms with Gasteiger partial charge >= 0.3 is 0 Å². The van der Waals surface area contributed by atoms with Crippen LogP contribution in [0, 0.1) is 0 Å². The normalized spacial score (nSPS) is 15.2. The summed E-state index contributed by atoms with van der Waals surface area (Å²) in [6.45, 7) is 4.30. The number of hydrogen-bond acceptors (Lipinski definition) is 5. The van der Waals surface area contributed by atoms with Gasteiger partial charge in [-0.1, -0.05) is 23.7 Å². The van der Waals surface area contributed by atoms with Gasteiger partial charge in [0.25, 0.3) is 15.9 Å². The Hall–Kier alpha value is -2.13. The quantitative estimate of drug-likeness (QED) is 0.712. The number of benzene rings is 2. The molecule has 0 bridgehead atoms. The maximum atomic E-state index is 12.6. The molecule has 1 amide bonds. The van der Waals surface area contributed by atoms with Crippen LogP contribution < -0.4 is 10.0 Å². The van der Waals surface area contributed by atoms with Crippen molar-refractivity contribution < 1.29 is 17.9 Å². The summed E-state index contributed by atoms with van der Waals surface area (Å²) in [5.41, 5.74) is 0.642. The Bertz CT molecular complexity index is 930. The first kappa shape index (κ1) is 20.6. The summed E-state index contributed by atoms with van der Waals surface area (Å²) in [5.74, 6) is -0.312. The average molecular weight is 424 g/mol. The average Bonchev–Trinajstić information content (AvgIpc) is 2.68. The van der Waals surface area contributed by atoms with Gasteiger partial charge in [0, 0.05) is 36.8 Å². The zero-order valence-corrected chi connectivity index (χ0v) is 16.8. The molecule has 0 aliphatic carbocycles. The molecule has 0 saturated carbocycles. The van der Waals surface area contributed by atoms with Crippen LogP contribution >= 0.6 is 11.6 Å². The smallest absolute Gasteiger partial charge is 0.261 e. The molecule has 2 N–H and O–H groups in total. The highest BCUT2D eigenvalue weighted by atomic mass is 35.5. The molecule has 9 heteroatoms. The van der Waals surface area contributed by atoms with Crippen molar-refractivity contribution in [3.8, 4) is 0 Å². The van der Waals surface area contributed by atoms with Gasteiger partial charge in [0.2, 0.25) is 0 Å². The van der Waals surface area contributed by atoms with E-state index in [1.54, 1.807) is 30.3 Å². The predicted octanol–water partition coefficient (Wildman–Crippen LogP) is 2.20. The molecule has 2 aromatic carbocycles. The number of hydrogen-bond donors (Lipinski definition) is 2. The molecule has 7 nitrogen and oxygen atoms in total. The Balaban J connectivity index is 1.62. The Morgan fingerprint density at radius 3 is 2.61 bits per heavy atom. The molecule has 0 radical (unpaired) electrons. The van der Waals surface area contributed by atoms with Crippen molar-refractivity contribution in [2.75, 3.05) is 44.1 Å². The lowest BCUT2D eigenvalue weighted by Crippen LogP contribution is -2.41. The zero-order chi connectivity index (χ0) is 20.0. The van der Waals surface area contributed by atoms with E-state index in [9.17, 15) is 13.2 Å². The van der Waals surface area contributed by atoms with Gasteiger partial charge < -0.3 is 10.1 Å². The molecule has 0 aromatic heterocycles. The first-order valence-electron chi connectivity index (χ1n) is 8.91. The number of amides is 1. The topological polar surface area (TPSA) is 87.7 Å². The summed E-state index contributed by atoms with van der Waals surface area (Å²) in [4.78, 5) is 14.6. The van der Waals surface area contributed by atoms with E-state index in [1.165, 1.54) is 18.2 Å². The van der Waals surface area contributed by atoms with Gasteiger partial charge in [-0.3, -0.25) is 14.4 Å². The molecule has 1 heterocycles. The molecule has 0 spiro atoms. The van der Waals surface area contributed by atoms with Crippen molar-refractivity contribution in [1.82, 2.24) is 10.2 Å². The molecule has 2 aromatic rings. The van der Waals surface area contributed by atoms with Gasteiger partial charge in [0.05, 0.1) is 23.8 Å². The number of carbonyl (C=O) groups excluding carboxylic acids is 1. The fourth-order valence-corrected chi connectivity index (χ4v) is 4.11. The minimum Gasteiger partial charge on any atom is -0.379 e. The fraction of sp³-hybridized carbons (Fsp3) is 0.316. The van der Waals surface area contributed by atoms with E-state index < -0.39 is 10.0 Å². The van der Waals surface area contributed by atoms with Gasteiger partial charge in [-0.2, -0.15) is 0 Å². The summed E-state index contributed by atoms with van der Waals surface area (Å²) >= 11 is 5.89. The molecule has 3 rings (SSSR count). The summed E-state index contributed by atoms with van der Waals surface area (Å²) in [6, 6.07) is 12.4. The Kier molecular flexibility index (Phi) is 6.90. The first-order valence-corrected chi connectivity index (χ1v) is 10.8. The molecule has 1 saturated heterocycles. The van der Waals surface area contributed by atoms with Crippen LogP contribution in [0.15, 0.2) is 53.4 Å². The van der Waals surface area contributed by atoms with Crippen molar-refractivity contribution in [3.05, 3.63) is 59.1 Å². The molecular formula is C19H22ClN3O4S. The molecule has 1 aliphatic heterocycles. The monoisotopic (exact) mass is 423 g/mol. The number of rotatable bonds is 7. The number of ether oxygens (including phenoxy) is 1. The number of anilines is 1. The number of sulfonamides is 1. The SMILES string of the molecule is O=C(NCCN1CCOCC1)c1cccc(S(=O)(=O)Nc2cccc(Cl)c2)c1. The van der Waals surface area contributed by atoms with Crippen molar-refractivity contribution >= 4 is 33.2 Å². The van der Waals surface area contributed by atoms with E-state index in [0.29, 0.717) is 30.5 Å². The third-order valence-corrected chi connectivity index (χ3v) is 5.91. The highest BCUT2D eigenvalue weighted by Gasteiger charge is 2.17. The molecule has 0 unspecified atom stereocenters. The number of nitrogens with one attached hydrogen (secondary N) is 2. The number of halogens is 1. The van der Waals surface area contributed by atoms with Gasteiger partial charge in [-0.05, 0) is 36.4 Å². The second kappa shape index (κ2) is 9.38. The van der Waals surface area contributed by atoms with Crippen LogP contribution in [0.4, 0.5) is 5.69 Å². The minimum atomic E-state index is -3.83. The second-order valence-electron chi connectivity index (χ2n) is 6.35. The zero-order valence-electron chi connectivity index (χ0n) is 15.2. The Labute approximate surface area is 169 Å². The summed E-state index contributed by atoms with van der Waals surface area (Å²) in [6.07, 6.45) is 0. The maximum absolute atomic E-state index is 12.6.